The van der Waals surface area contributed by atoms with Crippen molar-refractivity contribution in [1.29, 1.82) is 0 Å². The van der Waals surface area contributed by atoms with Crippen LogP contribution in [0.2, 0.25) is 0 Å². The van der Waals surface area contributed by atoms with Crippen LogP contribution in [0.25, 0.3) is 0 Å². The van der Waals surface area contributed by atoms with Crippen LogP contribution in [-0.4, -0.2) is 47.7 Å². The summed E-state index contributed by atoms with van der Waals surface area (Å²) in [6.07, 6.45) is 2.83. The minimum atomic E-state index is -4.26. The summed E-state index contributed by atoms with van der Waals surface area (Å²) in [6.45, 7) is -2.71. The first-order valence-corrected chi connectivity index (χ1v) is 9.55. The Balaban J connectivity index is 1.61. The molecule has 25 heavy (non-hydrogen) atoms. The average Bonchev–Trinajstić information content (AvgIpc) is 2.61. The Morgan fingerprint density at radius 2 is 1.52 bits per heavy atom. The molecule has 4 nitrogen and oxygen atoms in total. The first-order valence-electron chi connectivity index (χ1n) is 8.43. The number of esters is 1. The zero-order valence-electron chi connectivity index (χ0n) is 13.4. The van der Waals surface area contributed by atoms with Crippen molar-refractivity contribution in [3.05, 3.63) is 0 Å². The molecule has 9 heteroatoms. The molecule has 1 aliphatic heterocycles. The van der Waals surface area contributed by atoms with Crippen LogP contribution in [0.15, 0.2) is 0 Å². The van der Waals surface area contributed by atoms with Crippen molar-refractivity contribution < 1.29 is 36.6 Å². The molecule has 4 aliphatic carbocycles. The number of hydrogen-bond donors (Lipinski definition) is 0. The van der Waals surface area contributed by atoms with Gasteiger partial charge in [-0.15, -0.1) is 0 Å². The number of alkyl halides is 5. The molecule has 0 amide bonds. The lowest BCUT2D eigenvalue weighted by molar-refractivity contribution is -0.354. The van der Waals surface area contributed by atoms with Crippen LogP contribution < -0.4 is 0 Å². The minimum Gasteiger partial charge on any atom is -0.458 e. The normalized spacial score (nSPS) is 43.0. The second kappa shape index (κ2) is 5.55. The lowest BCUT2D eigenvalue weighted by atomic mass is 9.51. The van der Waals surface area contributed by atoms with Gasteiger partial charge in [-0.2, -0.15) is 17.6 Å². The molecule has 5 rings (SSSR count). The quantitative estimate of drug-likeness (QED) is 0.382. The summed E-state index contributed by atoms with van der Waals surface area (Å²) >= 11 is 3.07. The lowest BCUT2D eigenvalue weighted by Gasteiger charge is -2.62. The molecule has 5 fully saturated rings. The van der Waals surface area contributed by atoms with Crippen molar-refractivity contribution in [2.75, 3.05) is 18.5 Å². The van der Waals surface area contributed by atoms with Crippen LogP contribution in [-0.2, 0) is 19.0 Å². The summed E-state index contributed by atoms with van der Waals surface area (Å²) in [5.41, 5.74) is -0.656. The van der Waals surface area contributed by atoms with Crippen molar-refractivity contribution >= 4 is 21.9 Å². The molecule has 1 heterocycles. The van der Waals surface area contributed by atoms with Crippen LogP contribution >= 0.6 is 15.9 Å². The first kappa shape index (κ1) is 18.0. The van der Waals surface area contributed by atoms with Crippen molar-refractivity contribution in [3.63, 3.8) is 0 Å². The summed E-state index contributed by atoms with van der Waals surface area (Å²) in [7, 11) is 0. The predicted octanol–water partition coefficient (Wildman–Crippen LogP) is 3.52. The second-order valence-electron chi connectivity index (χ2n) is 7.84. The summed E-state index contributed by atoms with van der Waals surface area (Å²) in [4.78, 5) is 11.8. The Kier molecular flexibility index (Phi) is 3.99. The highest BCUT2D eigenvalue weighted by Gasteiger charge is 2.69. The van der Waals surface area contributed by atoms with E-state index < -0.39 is 36.4 Å². The van der Waals surface area contributed by atoms with E-state index in [0.29, 0.717) is 25.7 Å². The van der Waals surface area contributed by atoms with E-state index in [1.54, 1.807) is 0 Å². The molecule has 2 atom stereocenters. The Morgan fingerprint density at radius 3 is 2.00 bits per heavy atom. The Labute approximate surface area is 150 Å². The molecule has 5 aliphatic rings. The molecule has 1 spiro atoms. The molecule has 0 aromatic carbocycles. The van der Waals surface area contributed by atoms with Gasteiger partial charge in [0.1, 0.15) is 24.1 Å². The van der Waals surface area contributed by atoms with E-state index in [-0.39, 0.29) is 29.1 Å². The monoisotopic (exact) mass is 430 g/mol. The maximum absolute atomic E-state index is 13.7. The van der Waals surface area contributed by atoms with Gasteiger partial charge in [0.2, 0.25) is 0 Å². The van der Waals surface area contributed by atoms with Gasteiger partial charge in [0.25, 0.3) is 0 Å². The van der Waals surface area contributed by atoms with E-state index >= 15 is 0 Å². The van der Waals surface area contributed by atoms with E-state index in [1.807, 2.05) is 0 Å². The number of rotatable bonds is 2. The molecule has 142 valence electrons. The van der Waals surface area contributed by atoms with Crippen LogP contribution in [0, 0.1) is 17.8 Å². The molecule has 0 aromatic heterocycles. The fourth-order valence-corrected chi connectivity index (χ4v) is 5.49. The van der Waals surface area contributed by atoms with Gasteiger partial charge in [0, 0.05) is 11.8 Å². The number of hydrogen-bond acceptors (Lipinski definition) is 4. The van der Waals surface area contributed by atoms with Crippen molar-refractivity contribution in [2.24, 2.45) is 17.8 Å². The molecule has 4 bridgehead atoms. The van der Waals surface area contributed by atoms with Crippen LogP contribution in [0.5, 0.6) is 0 Å². The number of carbonyl (C=O) groups is 1. The van der Waals surface area contributed by atoms with Gasteiger partial charge in [0.05, 0.1) is 0 Å². The van der Waals surface area contributed by atoms with Gasteiger partial charge in [0.15, 0.2) is 5.79 Å². The Morgan fingerprint density at radius 1 is 1.00 bits per heavy atom. The predicted molar refractivity (Wildman–Crippen MR) is 80.7 cm³/mol. The van der Waals surface area contributed by atoms with Crippen LogP contribution in [0.4, 0.5) is 17.6 Å². The highest BCUT2D eigenvalue weighted by molar-refractivity contribution is 9.09. The zero-order chi connectivity index (χ0) is 18.1. The van der Waals surface area contributed by atoms with E-state index in [1.165, 1.54) is 0 Å². The van der Waals surface area contributed by atoms with Gasteiger partial charge < -0.3 is 14.2 Å². The summed E-state index contributed by atoms with van der Waals surface area (Å²) < 4.78 is 71.3. The largest absolute Gasteiger partial charge is 0.458 e. The average molecular weight is 431 g/mol. The number of halogens is 5. The number of ether oxygens (including phenoxy) is 3. The topological polar surface area (TPSA) is 44.8 Å². The minimum absolute atomic E-state index is 0.0747. The van der Waals surface area contributed by atoms with Crippen molar-refractivity contribution in [1.82, 2.24) is 0 Å². The van der Waals surface area contributed by atoms with E-state index in [9.17, 15) is 22.4 Å². The standard InChI is InChI=1S/C16H19BrF4O4/c17-6-12(22)25-13-3-9-1-10(4-13)16(11(2-9)5-13)23-7-14(18,19)15(20,21)8-24-16/h9-11H,1-8H2. The van der Waals surface area contributed by atoms with Gasteiger partial charge in [-0.1, -0.05) is 15.9 Å². The van der Waals surface area contributed by atoms with Crippen LogP contribution in [0.3, 0.4) is 0 Å². The second-order valence-corrected chi connectivity index (χ2v) is 8.40. The zero-order valence-corrected chi connectivity index (χ0v) is 15.0. The Bertz CT molecular complexity index is 548. The van der Waals surface area contributed by atoms with E-state index in [2.05, 4.69) is 15.9 Å². The third kappa shape index (κ3) is 2.64. The lowest BCUT2D eigenvalue weighted by Crippen LogP contribution is -2.66. The summed E-state index contributed by atoms with van der Waals surface area (Å²) in [5, 5.41) is 0.0747. The van der Waals surface area contributed by atoms with Gasteiger partial charge in [-0.25, -0.2) is 0 Å². The van der Waals surface area contributed by atoms with E-state index in [4.69, 9.17) is 14.2 Å². The molecule has 0 radical (unpaired) electrons. The smallest absolute Gasteiger partial charge is 0.335 e. The molecule has 1 saturated heterocycles. The van der Waals surface area contributed by atoms with Gasteiger partial charge >= 0.3 is 17.8 Å². The molecule has 0 N–H and O–H groups in total. The highest BCUT2D eigenvalue weighted by Crippen LogP contribution is 2.63. The van der Waals surface area contributed by atoms with E-state index in [0.717, 1.165) is 6.42 Å². The van der Waals surface area contributed by atoms with Gasteiger partial charge in [-0.05, 0) is 38.0 Å². The van der Waals surface area contributed by atoms with Crippen molar-refractivity contribution in [3.8, 4) is 0 Å². The highest BCUT2D eigenvalue weighted by atomic mass is 79.9. The maximum atomic E-state index is 13.7. The fourth-order valence-electron chi connectivity index (χ4n) is 5.38. The van der Waals surface area contributed by atoms with Gasteiger partial charge in [-0.3, -0.25) is 4.79 Å². The molecular weight excluding hydrogens is 412 g/mol. The Hall–Kier alpha value is -0.410. The first-order chi connectivity index (χ1) is 11.6. The van der Waals surface area contributed by atoms with Crippen molar-refractivity contribution in [2.45, 2.75) is 55.3 Å². The molecule has 2 unspecified atom stereocenters. The maximum Gasteiger partial charge on any atom is 0.335 e. The summed E-state index contributed by atoms with van der Waals surface area (Å²) in [6, 6.07) is 0. The summed E-state index contributed by atoms with van der Waals surface area (Å²) in [5.74, 6) is -10.7. The molecule has 0 aromatic rings. The third-order valence-electron chi connectivity index (χ3n) is 6.20. The SMILES string of the molecule is O=C(CBr)OC12CC3CC(C1)C1(OCC(F)(F)C(F)(F)CO1)C(C3)C2. The molecular formula is C16H19BrF4O4. The third-order valence-corrected chi connectivity index (χ3v) is 6.66. The van der Waals surface area contributed by atoms with Crippen LogP contribution in [0.1, 0.15) is 32.1 Å². The fraction of sp³-hybridized carbons (Fsp3) is 0.938. The number of carbonyl (C=O) groups excluding carboxylic acids is 1. The molecule has 4 saturated carbocycles.